The fraction of sp³-hybridized carbons (Fsp3) is 0.417. The number of halogens is 2. The highest BCUT2D eigenvalue weighted by molar-refractivity contribution is 6.30. The molecule has 0 spiro atoms. The zero-order chi connectivity index (χ0) is 22.0. The Labute approximate surface area is 187 Å². The van der Waals surface area contributed by atoms with E-state index in [1.54, 1.807) is 0 Å². The Kier molecular flexibility index (Phi) is 6.58. The molecule has 1 saturated heterocycles. The Morgan fingerprint density at radius 3 is 2.61 bits per heavy atom. The highest BCUT2D eigenvalue weighted by Gasteiger charge is 2.37. The van der Waals surface area contributed by atoms with Crippen molar-refractivity contribution in [1.29, 1.82) is 0 Å². The molecule has 2 aliphatic rings. The molecule has 0 aliphatic carbocycles. The molecule has 2 aliphatic heterocycles. The number of hydrogen-bond acceptors (Lipinski definition) is 3. The molecule has 4 rings (SSSR count). The van der Waals surface area contributed by atoms with Crippen LogP contribution in [-0.4, -0.2) is 47.8 Å². The van der Waals surface area contributed by atoms with Gasteiger partial charge in [-0.2, -0.15) is 0 Å². The van der Waals surface area contributed by atoms with Crippen molar-refractivity contribution in [2.45, 2.75) is 32.2 Å². The second-order valence-corrected chi connectivity index (χ2v) is 8.94. The van der Waals surface area contributed by atoms with Crippen molar-refractivity contribution in [3.63, 3.8) is 0 Å². The number of nitrogens with one attached hydrogen (secondary N) is 1. The van der Waals surface area contributed by atoms with Crippen LogP contribution in [0.4, 0.5) is 10.1 Å². The lowest BCUT2D eigenvalue weighted by molar-refractivity contribution is -0.139. The summed E-state index contributed by atoms with van der Waals surface area (Å²) < 4.78 is 14.1. The van der Waals surface area contributed by atoms with E-state index in [4.69, 9.17) is 11.6 Å². The van der Waals surface area contributed by atoms with Gasteiger partial charge in [0, 0.05) is 24.7 Å². The minimum absolute atomic E-state index is 0.0110. The number of carbonyl (C=O) groups excluding carboxylic acids is 2. The van der Waals surface area contributed by atoms with Crippen LogP contribution < -0.4 is 5.32 Å². The van der Waals surface area contributed by atoms with Gasteiger partial charge >= 0.3 is 0 Å². The van der Waals surface area contributed by atoms with E-state index < -0.39 is 11.9 Å². The van der Waals surface area contributed by atoms with E-state index in [9.17, 15) is 14.0 Å². The molecule has 0 bridgehead atoms. The monoisotopic (exact) mass is 443 g/mol. The van der Waals surface area contributed by atoms with E-state index in [0.717, 1.165) is 49.5 Å². The first kappa shape index (κ1) is 21.8. The molecule has 1 fully saturated rings. The summed E-state index contributed by atoms with van der Waals surface area (Å²) in [4.78, 5) is 30.1. The summed E-state index contributed by atoms with van der Waals surface area (Å²) in [6.07, 6.45) is 2.76. The number of amides is 2. The van der Waals surface area contributed by atoms with Crippen molar-refractivity contribution in [1.82, 2.24) is 9.80 Å². The zero-order valence-electron chi connectivity index (χ0n) is 17.6. The number of carbonyl (C=O) groups is 2. The average molecular weight is 444 g/mol. The van der Waals surface area contributed by atoms with Crippen LogP contribution >= 0.6 is 11.6 Å². The number of rotatable bonds is 4. The first-order valence-corrected chi connectivity index (χ1v) is 11.2. The molecule has 0 saturated carbocycles. The topological polar surface area (TPSA) is 52.7 Å². The van der Waals surface area contributed by atoms with Gasteiger partial charge in [-0.05, 0) is 54.5 Å². The average Bonchev–Trinajstić information content (AvgIpc) is 2.75. The molecule has 5 nitrogen and oxygen atoms in total. The van der Waals surface area contributed by atoms with E-state index in [0.29, 0.717) is 12.5 Å². The number of benzene rings is 2. The third-order valence-corrected chi connectivity index (χ3v) is 6.50. The summed E-state index contributed by atoms with van der Waals surface area (Å²) in [5, 5.41) is 2.88. The number of likely N-dealkylation sites (tertiary alicyclic amines) is 1. The highest BCUT2D eigenvalue weighted by Crippen LogP contribution is 2.32. The van der Waals surface area contributed by atoms with Crippen LogP contribution in [0.5, 0.6) is 0 Å². The minimum atomic E-state index is -0.583. The molecule has 0 aromatic heterocycles. The Morgan fingerprint density at radius 1 is 1.13 bits per heavy atom. The van der Waals surface area contributed by atoms with Crippen LogP contribution in [0, 0.1) is 11.7 Å². The molecule has 0 radical (unpaired) electrons. The molecule has 0 unspecified atom stereocenters. The second kappa shape index (κ2) is 9.37. The molecular weight excluding hydrogens is 417 g/mol. The maximum Gasteiger partial charge on any atom is 0.244 e. The summed E-state index contributed by atoms with van der Waals surface area (Å²) in [6.45, 7) is 4.30. The molecule has 1 atom stereocenters. The summed E-state index contributed by atoms with van der Waals surface area (Å²) in [5.74, 6) is -0.269. The van der Waals surface area contributed by atoms with E-state index in [2.05, 4.69) is 12.2 Å². The molecule has 2 aromatic rings. The Balaban J connectivity index is 1.53. The van der Waals surface area contributed by atoms with Crippen molar-refractivity contribution in [2.75, 3.05) is 31.5 Å². The van der Waals surface area contributed by atoms with Gasteiger partial charge in [-0.15, -0.1) is 0 Å². The van der Waals surface area contributed by atoms with Crippen LogP contribution in [-0.2, 0) is 16.0 Å². The van der Waals surface area contributed by atoms with Crippen molar-refractivity contribution in [3.05, 3.63) is 64.4 Å². The molecule has 2 amide bonds. The first-order valence-electron chi connectivity index (χ1n) is 10.8. The smallest absolute Gasteiger partial charge is 0.244 e. The Hall–Kier alpha value is -2.44. The molecule has 2 aromatic carbocycles. The van der Waals surface area contributed by atoms with Crippen LogP contribution in [0.2, 0.25) is 5.02 Å². The van der Waals surface area contributed by atoms with Crippen LogP contribution in [0.15, 0.2) is 42.5 Å². The van der Waals surface area contributed by atoms with Gasteiger partial charge in [0.25, 0.3) is 0 Å². The lowest BCUT2D eigenvalue weighted by atomic mass is 9.90. The molecule has 164 valence electrons. The van der Waals surface area contributed by atoms with Gasteiger partial charge in [-0.1, -0.05) is 42.8 Å². The largest absolute Gasteiger partial charge is 0.341 e. The molecular formula is C24H27ClFN3O2. The molecule has 2 heterocycles. The Bertz CT molecular complexity index is 975. The van der Waals surface area contributed by atoms with Crippen molar-refractivity contribution in [2.24, 2.45) is 5.92 Å². The fourth-order valence-corrected chi connectivity index (χ4v) is 4.60. The van der Waals surface area contributed by atoms with Gasteiger partial charge in [-0.3, -0.25) is 14.5 Å². The zero-order valence-corrected chi connectivity index (χ0v) is 18.4. The van der Waals surface area contributed by atoms with Gasteiger partial charge in [0.1, 0.15) is 11.9 Å². The summed E-state index contributed by atoms with van der Waals surface area (Å²) in [5.41, 5.74) is 2.19. The number of fused-ring (bicyclic) bond motifs is 1. The maximum absolute atomic E-state index is 14.1. The molecule has 31 heavy (non-hydrogen) atoms. The standard InChI is InChI=1S/C24H27ClFN3O2/c1-16-8-11-28(12-9-16)24(31)23-19-5-3-2-4-17(19)10-13-29(23)15-22(30)27-21-7-6-18(25)14-20(21)26/h2-7,14,16,23H,8-13,15H2,1H3,(H,27,30)/t23-/m0/s1. The van der Waals surface area contributed by atoms with Crippen molar-refractivity contribution >= 4 is 29.1 Å². The number of nitrogens with zero attached hydrogens (tertiary/aromatic N) is 2. The van der Waals surface area contributed by atoms with Crippen molar-refractivity contribution < 1.29 is 14.0 Å². The normalized spacial score (nSPS) is 19.7. The Morgan fingerprint density at radius 2 is 1.87 bits per heavy atom. The minimum Gasteiger partial charge on any atom is -0.341 e. The van der Waals surface area contributed by atoms with E-state index in [-0.39, 0.29) is 29.1 Å². The lowest BCUT2D eigenvalue weighted by Crippen LogP contribution is -2.50. The van der Waals surface area contributed by atoms with Gasteiger partial charge in [0.05, 0.1) is 12.2 Å². The quantitative estimate of drug-likeness (QED) is 0.767. The van der Waals surface area contributed by atoms with E-state index in [1.807, 2.05) is 34.1 Å². The number of hydrogen-bond donors (Lipinski definition) is 1. The predicted molar refractivity (Wildman–Crippen MR) is 119 cm³/mol. The lowest BCUT2D eigenvalue weighted by Gasteiger charge is -2.40. The SMILES string of the molecule is CC1CCN(C(=O)[C@@H]2c3ccccc3CCN2CC(=O)Nc2ccc(Cl)cc2F)CC1. The predicted octanol–water partition coefficient (Wildman–Crippen LogP) is 4.28. The van der Waals surface area contributed by atoms with Gasteiger partial charge in [-0.25, -0.2) is 4.39 Å². The summed E-state index contributed by atoms with van der Waals surface area (Å²) in [7, 11) is 0. The van der Waals surface area contributed by atoms with Crippen LogP contribution in [0.25, 0.3) is 0 Å². The number of anilines is 1. The highest BCUT2D eigenvalue weighted by atomic mass is 35.5. The van der Waals surface area contributed by atoms with Crippen molar-refractivity contribution in [3.8, 4) is 0 Å². The van der Waals surface area contributed by atoms with Gasteiger partial charge in [0.2, 0.25) is 11.8 Å². The van der Waals surface area contributed by atoms with E-state index >= 15 is 0 Å². The maximum atomic E-state index is 14.1. The first-order chi connectivity index (χ1) is 14.9. The van der Waals surface area contributed by atoms with Gasteiger partial charge in [0.15, 0.2) is 0 Å². The third kappa shape index (κ3) is 4.91. The molecule has 1 N–H and O–H groups in total. The fourth-order valence-electron chi connectivity index (χ4n) is 4.44. The number of piperidine rings is 1. The van der Waals surface area contributed by atoms with Gasteiger partial charge < -0.3 is 10.2 Å². The summed E-state index contributed by atoms with van der Waals surface area (Å²) >= 11 is 5.79. The second-order valence-electron chi connectivity index (χ2n) is 8.50. The van der Waals surface area contributed by atoms with Crippen LogP contribution in [0.1, 0.15) is 36.9 Å². The molecule has 7 heteroatoms. The third-order valence-electron chi connectivity index (χ3n) is 6.26. The van der Waals surface area contributed by atoms with Crippen LogP contribution in [0.3, 0.4) is 0 Å². The van der Waals surface area contributed by atoms with E-state index in [1.165, 1.54) is 12.1 Å². The summed E-state index contributed by atoms with van der Waals surface area (Å²) in [6, 6.07) is 11.6.